The topological polar surface area (TPSA) is 38.0 Å². The SMILES string of the molecule is Cc1ccc2cc(NCN)ccc2c1. The van der Waals surface area contributed by atoms with Crippen molar-refractivity contribution >= 4 is 16.5 Å². The van der Waals surface area contributed by atoms with Gasteiger partial charge in [-0.05, 0) is 29.8 Å². The van der Waals surface area contributed by atoms with Gasteiger partial charge in [-0.15, -0.1) is 0 Å². The minimum atomic E-state index is 0.470. The molecule has 2 heteroatoms. The van der Waals surface area contributed by atoms with Crippen LogP contribution < -0.4 is 11.1 Å². The van der Waals surface area contributed by atoms with Crippen LogP contribution in [0.15, 0.2) is 36.4 Å². The highest BCUT2D eigenvalue weighted by atomic mass is 15.0. The fourth-order valence-corrected chi connectivity index (χ4v) is 1.59. The Morgan fingerprint density at radius 3 is 2.57 bits per heavy atom. The van der Waals surface area contributed by atoms with E-state index in [4.69, 9.17) is 5.73 Å². The Hall–Kier alpha value is -1.54. The summed E-state index contributed by atoms with van der Waals surface area (Å²) in [6, 6.07) is 12.7. The molecule has 0 atom stereocenters. The molecule has 2 nitrogen and oxygen atoms in total. The second-order valence-electron chi connectivity index (χ2n) is 3.45. The first-order chi connectivity index (χ1) is 6.79. The van der Waals surface area contributed by atoms with Crippen LogP contribution in [0, 0.1) is 6.92 Å². The number of nitrogens with one attached hydrogen (secondary N) is 1. The number of nitrogens with two attached hydrogens (primary N) is 1. The average molecular weight is 186 g/mol. The molecule has 0 aliphatic heterocycles. The quantitative estimate of drug-likeness (QED) is 0.707. The van der Waals surface area contributed by atoms with Crippen LogP contribution in [0.2, 0.25) is 0 Å². The van der Waals surface area contributed by atoms with E-state index in [0.717, 1.165) is 5.69 Å². The van der Waals surface area contributed by atoms with E-state index in [1.54, 1.807) is 0 Å². The predicted octanol–water partition coefficient (Wildman–Crippen LogP) is 2.48. The van der Waals surface area contributed by atoms with Gasteiger partial charge in [-0.3, -0.25) is 0 Å². The van der Waals surface area contributed by atoms with Gasteiger partial charge < -0.3 is 11.1 Å². The molecule has 2 aromatic rings. The minimum Gasteiger partial charge on any atom is -0.373 e. The summed E-state index contributed by atoms with van der Waals surface area (Å²) in [5.74, 6) is 0. The van der Waals surface area contributed by atoms with Crippen molar-refractivity contribution in [2.45, 2.75) is 6.92 Å². The molecule has 0 amide bonds. The van der Waals surface area contributed by atoms with Crippen LogP contribution >= 0.6 is 0 Å². The zero-order chi connectivity index (χ0) is 9.97. The van der Waals surface area contributed by atoms with Crippen molar-refractivity contribution in [1.82, 2.24) is 0 Å². The fourth-order valence-electron chi connectivity index (χ4n) is 1.59. The van der Waals surface area contributed by atoms with Crippen molar-refractivity contribution in [3.05, 3.63) is 42.0 Å². The highest BCUT2D eigenvalue weighted by Gasteiger charge is 1.95. The molecule has 0 aliphatic carbocycles. The lowest BCUT2D eigenvalue weighted by Crippen LogP contribution is -2.10. The van der Waals surface area contributed by atoms with Gasteiger partial charge in [0.15, 0.2) is 0 Å². The zero-order valence-corrected chi connectivity index (χ0v) is 8.25. The van der Waals surface area contributed by atoms with Gasteiger partial charge in [0.25, 0.3) is 0 Å². The van der Waals surface area contributed by atoms with Gasteiger partial charge in [0, 0.05) is 5.69 Å². The van der Waals surface area contributed by atoms with Gasteiger partial charge in [-0.2, -0.15) is 0 Å². The Morgan fingerprint density at radius 1 is 1.07 bits per heavy atom. The van der Waals surface area contributed by atoms with Gasteiger partial charge in [0.05, 0.1) is 6.67 Å². The molecule has 0 fully saturated rings. The summed E-state index contributed by atoms with van der Waals surface area (Å²) in [6.07, 6.45) is 0. The van der Waals surface area contributed by atoms with E-state index in [9.17, 15) is 0 Å². The van der Waals surface area contributed by atoms with Gasteiger partial charge in [-0.1, -0.05) is 29.8 Å². The Labute approximate surface area is 83.7 Å². The summed E-state index contributed by atoms with van der Waals surface area (Å²) in [5.41, 5.74) is 7.78. The van der Waals surface area contributed by atoms with Crippen LogP contribution in [0.5, 0.6) is 0 Å². The van der Waals surface area contributed by atoms with Gasteiger partial charge in [-0.25, -0.2) is 0 Å². The van der Waals surface area contributed by atoms with Crippen molar-refractivity contribution in [1.29, 1.82) is 0 Å². The summed E-state index contributed by atoms with van der Waals surface area (Å²) in [5, 5.41) is 5.61. The van der Waals surface area contributed by atoms with Crippen molar-refractivity contribution < 1.29 is 0 Å². The maximum atomic E-state index is 5.42. The monoisotopic (exact) mass is 186 g/mol. The van der Waals surface area contributed by atoms with Crippen LogP contribution in [0.25, 0.3) is 10.8 Å². The lowest BCUT2D eigenvalue weighted by Gasteiger charge is -2.05. The third kappa shape index (κ3) is 1.70. The molecule has 0 unspecified atom stereocenters. The van der Waals surface area contributed by atoms with Crippen molar-refractivity contribution in [3.8, 4) is 0 Å². The largest absolute Gasteiger partial charge is 0.373 e. The van der Waals surface area contributed by atoms with Crippen molar-refractivity contribution in [2.24, 2.45) is 5.73 Å². The molecule has 3 N–H and O–H groups in total. The lowest BCUT2D eigenvalue weighted by molar-refractivity contribution is 1.15. The van der Waals surface area contributed by atoms with Crippen LogP contribution in [-0.2, 0) is 0 Å². The summed E-state index contributed by atoms with van der Waals surface area (Å²) in [6.45, 7) is 2.57. The average Bonchev–Trinajstić information content (AvgIpc) is 2.19. The fraction of sp³-hybridized carbons (Fsp3) is 0.167. The van der Waals surface area contributed by atoms with Crippen LogP contribution in [0.1, 0.15) is 5.56 Å². The molecule has 2 rings (SSSR count). The maximum Gasteiger partial charge on any atom is 0.0628 e. The molecule has 0 spiro atoms. The molecule has 0 aromatic heterocycles. The Morgan fingerprint density at radius 2 is 1.79 bits per heavy atom. The third-order valence-electron chi connectivity index (χ3n) is 2.30. The Bertz CT molecular complexity index is 449. The number of anilines is 1. The number of hydrogen-bond acceptors (Lipinski definition) is 2. The van der Waals surface area contributed by atoms with Gasteiger partial charge in [0.1, 0.15) is 0 Å². The van der Waals surface area contributed by atoms with E-state index < -0.39 is 0 Å². The third-order valence-corrected chi connectivity index (χ3v) is 2.30. The summed E-state index contributed by atoms with van der Waals surface area (Å²) in [7, 11) is 0. The first kappa shape index (κ1) is 9.03. The normalized spacial score (nSPS) is 10.4. The molecule has 0 heterocycles. The van der Waals surface area contributed by atoms with E-state index in [0.29, 0.717) is 6.67 Å². The number of rotatable bonds is 2. The first-order valence-corrected chi connectivity index (χ1v) is 4.74. The number of fused-ring (bicyclic) bond motifs is 1. The second kappa shape index (κ2) is 3.68. The van der Waals surface area contributed by atoms with Gasteiger partial charge >= 0.3 is 0 Å². The highest BCUT2D eigenvalue weighted by Crippen LogP contribution is 2.19. The number of aryl methyl sites for hydroxylation is 1. The zero-order valence-electron chi connectivity index (χ0n) is 8.25. The van der Waals surface area contributed by atoms with E-state index >= 15 is 0 Å². The molecule has 0 radical (unpaired) electrons. The summed E-state index contributed by atoms with van der Waals surface area (Å²) < 4.78 is 0. The van der Waals surface area contributed by atoms with Crippen molar-refractivity contribution in [3.63, 3.8) is 0 Å². The molecule has 0 saturated heterocycles. The molecule has 0 aliphatic rings. The summed E-state index contributed by atoms with van der Waals surface area (Å²) >= 11 is 0. The van der Waals surface area contributed by atoms with Gasteiger partial charge in [0.2, 0.25) is 0 Å². The molecular weight excluding hydrogens is 172 g/mol. The number of benzene rings is 2. The van der Waals surface area contributed by atoms with E-state index in [2.05, 4.69) is 48.6 Å². The second-order valence-corrected chi connectivity index (χ2v) is 3.45. The Kier molecular flexibility index (Phi) is 2.37. The highest BCUT2D eigenvalue weighted by molar-refractivity contribution is 5.86. The van der Waals surface area contributed by atoms with E-state index in [1.807, 2.05) is 0 Å². The standard InChI is InChI=1S/C12H14N2/c1-9-2-3-11-7-12(14-8-13)5-4-10(11)6-9/h2-7,14H,8,13H2,1H3. The smallest absolute Gasteiger partial charge is 0.0628 e. The molecule has 72 valence electrons. The van der Waals surface area contributed by atoms with Crippen LogP contribution in [-0.4, -0.2) is 6.67 Å². The molecular formula is C12H14N2. The first-order valence-electron chi connectivity index (χ1n) is 4.74. The Balaban J connectivity index is 2.50. The molecule has 14 heavy (non-hydrogen) atoms. The summed E-state index contributed by atoms with van der Waals surface area (Å²) in [4.78, 5) is 0. The van der Waals surface area contributed by atoms with Crippen LogP contribution in [0.4, 0.5) is 5.69 Å². The van der Waals surface area contributed by atoms with E-state index in [-0.39, 0.29) is 0 Å². The lowest BCUT2D eigenvalue weighted by atomic mass is 10.1. The maximum absolute atomic E-state index is 5.42. The predicted molar refractivity (Wildman–Crippen MR) is 61.4 cm³/mol. The molecule has 0 saturated carbocycles. The minimum absolute atomic E-state index is 0.470. The van der Waals surface area contributed by atoms with E-state index in [1.165, 1.54) is 16.3 Å². The molecule has 0 bridgehead atoms. The van der Waals surface area contributed by atoms with Crippen LogP contribution in [0.3, 0.4) is 0 Å². The van der Waals surface area contributed by atoms with Crippen molar-refractivity contribution in [2.75, 3.05) is 12.0 Å². The molecule has 2 aromatic carbocycles. The number of hydrogen-bond donors (Lipinski definition) is 2.